The van der Waals surface area contributed by atoms with Gasteiger partial charge in [-0.05, 0) is 67.9 Å². The fraction of sp³-hybridized carbons (Fsp3) is 0.475. The lowest BCUT2D eigenvalue weighted by atomic mass is 9.97. The Hall–Kier alpha value is -5.18. The van der Waals surface area contributed by atoms with Crippen molar-refractivity contribution in [3.63, 3.8) is 0 Å². The molecule has 14 nitrogen and oxygen atoms in total. The number of aromatic nitrogens is 4. The number of hydrogen-bond acceptors (Lipinski definition) is 9. The molecular formula is C40H49N7O7S. The van der Waals surface area contributed by atoms with Gasteiger partial charge in [0.25, 0.3) is 0 Å². The number of methoxy groups -OCH3 is 1. The number of hydrogen-bond donors (Lipinski definition) is 3. The van der Waals surface area contributed by atoms with E-state index in [9.17, 15) is 22.8 Å². The zero-order valence-electron chi connectivity index (χ0n) is 31.9. The molecule has 292 valence electrons. The quantitative estimate of drug-likeness (QED) is 0.128. The van der Waals surface area contributed by atoms with Crippen LogP contribution in [0.4, 0.5) is 4.79 Å². The highest BCUT2D eigenvalue weighted by Gasteiger charge is 2.39. The van der Waals surface area contributed by atoms with Crippen LogP contribution in [-0.2, 0) is 24.2 Å². The van der Waals surface area contributed by atoms with Gasteiger partial charge in [0.2, 0.25) is 21.7 Å². The number of aromatic amines is 2. The molecule has 0 aliphatic carbocycles. The second-order valence-electron chi connectivity index (χ2n) is 14.9. The van der Waals surface area contributed by atoms with Crippen molar-refractivity contribution in [1.29, 1.82) is 0 Å². The number of carbonyl (C=O) groups is 3. The summed E-state index contributed by atoms with van der Waals surface area (Å²) >= 11 is 0. The highest BCUT2D eigenvalue weighted by atomic mass is 32.2. The van der Waals surface area contributed by atoms with Crippen LogP contribution in [0.1, 0.15) is 96.4 Å². The first-order valence-electron chi connectivity index (χ1n) is 19.2. The van der Waals surface area contributed by atoms with E-state index in [1.165, 1.54) is 7.11 Å². The highest BCUT2D eigenvalue weighted by Crippen LogP contribution is 2.45. The van der Waals surface area contributed by atoms with Gasteiger partial charge in [0.05, 0.1) is 43.0 Å². The van der Waals surface area contributed by atoms with Crippen LogP contribution in [0.2, 0.25) is 0 Å². The smallest absolute Gasteiger partial charge is 0.407 e. The molecule has 2 aromatic carbocycles. The van der Waals surface area contributed by atoms with Gasteiger partial charge in [-0.2, -0.15) is 0 Å². The Labute approximate surface area is 321 Å². The second-order valence-corrected chi connectivity index (χ2v) is 16.8. The van der Waals surface area contributed by atoms with Gasteiger partial charge in [0.1, 0.15) is 39.0 Å². The molecule has 3 aliphatic rings. The molecule has 2 fully saturated rings. The zero-order valence-corrected chi connectivity index (χ0v) is 32.7. The number of alkyl carbamates (subject to hydrolysis) is 1. The number of benzene rings is 2. The normalized spacial score (nSPS) is 20.2. The average molecular weight is 772 g/mol. The summed E-state index contributed by atoms with van der Waals surface area (Å²) in [5.41, 5.74) is 2.61. The number of likely N-dealkylation sites (tertiary alicyclic amines) is 2. The lowest BCUT2D eigenvalue weighted by Crippen LogP contribution is -2.51. The van der Waals surface area contributed by atoms with Crippen molar-refractivity contribution in [2.24, 2.45) is 11.8 Å². The minimum Gasteiger partial charge on any atom is -0.455 e. The largest absolute Gasteiger partial charge is 0.455 e. The van der Waals surface area contributed by atoms with Crippen LogP contribution >= 0.6 is 0 Å². The van der Waals surface area contributed by atoms with E-state index in [0.717, 1.165) is 25.7 Å². The first kappa shape index (κ1) is 38.1. The maximum Gasteiger partial charge on any atom is 0.407 e. The molecule has 3 N–H and O–H groups in total. The third-order valence-electron chi connectivity index (χ3n) is 11.4. The molecule has 2 aromatic heterocycles. The van der Waals surface area contributed by atoms with Crippen molar-refractivity contribution in [2.45, 2.75) is 101 Å². The Morgan fingerprint density at radius 1 is 0.873 bits per heavy atom. The molecule has 3 amide bonds. The van der Waals surface area contributed by atoms with Crippen molar-refractivity contribution < 1.29 is 32.3 Å². The Morgan fingerprint density at radius 3 is 2.13 bits per heavy atom. The topological polar surface area (TPSA) is 180 Å². The maximum absolute atomic E-state index is 14.0. The highest BCUT2D eigenvalue weighted by molar-refractivity contribution is 7.91. The molecule has 15 heteroatoms. The van der Waals surface area contributed by atoms with Crippen LogP contribution in [0, 0.1) is 11.8 Å². The van der Waals surface area contributed by atoms with E-state index < -0.39 is 22.0 Å². The molecule has 0 bridgehead atoms. The molecule has 0 radical (unpaired) electrons. The fourth-order valence-corrected chi connectivity index (χ4v) is 9.27. The number of nitrogens with zero attached hydrogens (tertiary/aromatic N) is 4. The predicted molar refractivity (Wildman–Crippen MR) is 204 cm³/mol. The summed E-state index contributed by atoms with van der Waals surface area (Å²) in [6, 6.07) is 8.77. The third kappa shape index (κ3) is 7.33. The van der Waals surface area contributed by atoms with Crippen molar-refractivity contribution in [3.05, 3.63) is 60.4 Å². The monoisotopic (exact) mass is 771 g/mol. The first-order chi connectivity index (χ1) is 26.4. The van der Waals surface area contributed by atoms with E-state index in [4.69, 9.17) is 9.47 Å². The fourth-order valence-electron chi connectivity index (χ4n) is 7.76. The molecule has 0 saturated carbocycles. The molecule has 5 atom stereocenters. The minimum atomic E-state index is -3.96. The van der Waals surface area contributed by atoms with Gasteiger partial charge in [0.15, 0.2) is 0 Å². The van der Waals surface area contributed by atoms with Crippen LogP contribution in [0.5, 0.6) is 11.5 Å². The molecule has 5 heterocycles. The molecule has 5 unspecified atom stereocenters. The third-order valence-corrected chi connectivity index (χ3v) is 13.2. The number of amides is 3. The number of imidazole rings is 2. The lowest BCUT2D eigenvalue weighted by molar-refractivity contribution is -0.136. The summed E-state index contributed by atoms with van der Waals surface area (Å²) < 4.78 is 39.0. The maximum atomic E-state index is 14.0. The van der Waals surface area contributed by atoms with Crippen LogP contribution in [0.25, 0.3) is 22.5 Å². The van der Waals surface area contributed by atoms with E-state index in [0.29, 0.717) is 72.4 Å². The van der Waals surface area contributed by atoms with Gasteiger partial charge in [-0.1, -0.05) is 46.6 Å². The average Bonchev–Trinajstić information content (AvgIpc) is 4.02. The Morgan fingerprint density at radius 2 is 1.49 bits per heavy atom. The summed E-state index contributed by atoms with van der Waals surface area (Å²) in [5.74, 6) is 1.88. The van der Waals surface area contributed by atoms with E-state index >= 15 is 0 Å². The van der Waals surface area contributed by atoms with Crippen molar-refractivity contribution in [2.75, 3.05) is 20.2 Å². The number of sulfone groups is 1. The molecule has 4 aromatic rings. The van der Waals surface area contributed by atoms with E-state index in [1.807, 2.05) is 18.7 Å². The number of fused-ring (bicyclic) bond motifs is 2. The number of ether oxygens (including phenoxy) is 2. The number of carbonyl (C=O) groups excluding carboxylic acids is 3. The van der Waals surface area contributed by atoms with E-state index in [2.05, 4.69) is 39.1 Å². The Balaban J connectivity index is 1.09. The summed E-state index contributed by atoms with van der Waals surface area (Å²) in [6.07, 6.45) is 8.05. The minimum absolute atomic E-state index is 0.0385. The Bertz CT molecular complexity index is 2200. The van der Waals surface area contributed by atoms with Crippen LogP contribution in [-0.4, -0.2) is 82.3 Å². The second kappa shape index (κ2) is 15.5. The van der Waals surface area contributed by atoms with Gasteiger partial charge < -0.3 is 34.6 Å². The number of rotatable bonds is 11. The predicted octanol–water partition coefficient (Wildman–Crippen LogP) is 6.94. The first-order valence-corrected chi connectivity index (χ1v) is 20.7. The number of H-pyrrole nitrogens is 2. The summed E-state index contributed by atoms with van der Waals surface area (Å²) in [4.78, 5) is 58.6. The molecular weight excluding hydrogens is 723 g/mol. The summed E-state index contributed by atoms with van der Waals surface area (Å²) in [6.45, 7) is 9.29. The molecule has 3 aliphatic heterocycles. The van der Waals surface area contributed by atoms with Crippen molar-refractivity contribution in [3.8, 4) is 34.0 Å². The van der Waals surface area contributed by atoms with E-state index in [1.54, 1.807) is 53.7 Å². The van der Waals surface area contributed by atoms with Gasteiger partial charge in [-0.3, -0.25) is 9.59 Å². The Kier molecular flexibility index (Phi) is 10.8. The zero-order chi connectivity index (χ0) is 39.0. The summed E-state index contributed by atoms with van der Waals surface area (Å²) in [7, 11) is -2.69. The molecule has 0 spiro atoms. The van der Waals surface area contributed by atoms with Crippen LogP contribution in [0.15, 0.2) is 58.6 Å². The van der Waals surface area contributed by atoms with Gasteiger partial charge >= 0.3 is 6.09 Å². The van der Waals surface area contributed by atoms with Crippen molar-refractivity contribution >= 4 is 27.7 Å². The van der Waals surface area contributed by atoms with Crippen LogP contribution < -0.4 is 10.1 Å². The molecule has 7 rings (SSSR count). The van der Waals surface area contributed by atoms with Gasteiger partial charge in [-0.25, -0.2) is 23.2 Å². The van der Waals surface area contributed by atoms with Crippen LogP contribution in [0.3, 0.4) is 0 Å². The van der Waals surface area contributed by atoms with Crippen molar-refractivity contribution in [1.82, 2.24) is 35.1 Å². The SMILES string of the molecule is CCC(C)CC(=O)N1CCCC1c1ncc(-c2ccc3c(c2)Oc2ccc(-c4cnc(C5CCCN5C(=O)C(NC(=O)OC)C(C)CC)[nH]4)cc2S3(=O)=O)[nH]1. The van der Waals surface area contributed by atoms with Gasteiger partial charge in [-0.15, -0.1) is 0 Å². The van der Waals surface area contributed by atoms with E-state index in [-0.39, 0.29) is 51.1 Å². The molecule has 55 heavy (non-hydrogen) atoms. The number of nitrogens with one attached hydrogen (secondary N) is 3. The standard InChI is InChI=1S/C40H49N7O7S/c1-6-23(3)18-35(48)46-16-8-10-29(46)37-41-21-27(43-37)25-13-15-33-32(19-25)54-31-14-12-26(20-34(31)55(33,51)52)28-22-42-38(44-28)30-11-9-17-47(30)39(49)36(24(4)7-2)45-40(50)53-5/h12-15,19-24,29-30,36H,6-11,16-18H2,1-5H3,(H,41,43)(H,42,44)(H,45,50). The summed E-state index contributed by atoms with van der Waals surface area (Å²) in [5, 5.41) is 2.71. The molecule has 2 saturated heterocycles. The van der Waals surface area contributed by atoms with Gasteiger partial charge in [0, 0.05) is 30.6 Å². The lowest BCUT2D eigenvalue weighted by Gasteiger charge is -2.30.